The third-order valence-corrected chi connectivity index (χ3v) is 7.12. The molecular formula is C29H19NO4S. The number of carbonyl (C=O) groups is 1. The van der Waals surface area contributed by atoms with Crippen molar-refractivity contribution in [2.75, 3.05) is 4.72 Å². The van der Waals surface area contributed by atoms with Gasteiger partial charge in [0.25, 0.3) is 10.0 Å². The van der Waals surface area contributed by atoms with Crippen LogP contribution in [-0.4, -0.2) is 19.5 Å². The summed E-state index contributed by atoms with van der Waals surface area (Å²) in [7, 11) is -3.88. The maximum atomic E-state index is 13.3. The van der Waals surface area contributed by atoms with Crippen molar-refractivity contribution in [3.05, 3.63) is 120 Å². The Kier molecular flexibility index (Phi) is 5.69. The molecular weight excluding hydrogens is 458 g/mol. The van der Waals surface area contributed by atoms with Crippen LogP contribution in [0.5, 0.6) is 0 Å². The minimum absolute atomic E-state index is 0.189. The van der Waals surface area contributed by atoms with Gasteiger partial charge in [-0.1, -0.05) is 84.6 Å². The van der Waals surface area contributed by atoms with Crippen LogP contribution < -0.4 is 4.72 Å². The molecule has 170 valence electrons. The van der Waals surface area contributed by atoms with Gasteiger partial charge in [-0.05, 0) is 46.5 Å². The molecule has 0 amide bonds. The summed E-state index contributed by atoms with van der Waals surface area (Å²) in [5.41, 5.74) is 1.72. The smallest absolute Gasteiger partial charge is 0.336 e. The lowest BCUT2D eigenvalue weighted by Gasteiger charge is -2.12. The summed E-state index contributed by atoms with van der Waals surface area (Å²) in [6, 6.07) is 29.8. The lowest BCUT2D eigenvalue weighted by Crippen LogP contribution is -2.14. The number of hydrogen-bond donors (Lipinski definition) is 2. The van der Waals surface area contributed by atoms with Crippen molar-refractivity contribution in [1.29, 1.82) is 0 Å². The Morgan fingerprint density at radius 1 is 0.657 bits per heavy atom. The Morgan fingerprint density at radius 3 is 2.09 bits per heavy atom. The average Bonchev–Trinajstić information content (AvgIpc) is 2.87. The quantitative estimate of drug-likeness (QED) is 0.316. The lowest BCUT2D eigenvalue weighted by atomic mass is 9.99. The highest BCUT2D eigenvalue weighted by Crippen LogP contribution is 2.27. The molecule has 2 N–H and O–H groups in total. The summed E-state index contributed by atoms with van der Waals surface area (Å²) in [5.74, 6) is 5.14. The van der Waals surface area contributed by atoms with Gasteiger partial charge in [0.05, 0.1) is 16.1 Å². The molecule has 0 saturated heterocycles. The van der Waals surface area contributed by atoms with Gasteiger partial charge in [0.2, 0.25) is 0 Å². The molecule has 6 heteroatoms. The number of fused-ring (bicyclic) bond motifs is 2. The molecule has 5 rings (SSSR count). The van der Waals surface area contributed by atoms with Crippen LogP contribution in [-0.2, 0) is 10.0 Å². The molecule has 5 nitrogen and oxygen atoms in total. The number of aromatic carboxylic acids is 1. The predicted molar refractivity (Wildman–Crippen MR) is 138 cm³/mol. The molecule has 0 atom stereocenters. The Hall–Kier alpha value is -4.60. The van der Waals surface area contributed by atoms with Gasteiger partial charge in [0.15, 0.2) is 0 Å². The molecule has 0 radical (unpaired) electrons. The summed E-state index contributed by atoms with van der Waals surface area (Å²) in [6.07, 6.45) is 0. The molecule has 5 aromatic rings. The van der Waals surface area contributed by atoms with E-state index in [0.29, 0.717) is 33.0 Å². The first-order chi connectivity index (χ1) is 16.9. The third kappa shape index (κ3) is 4.33. The highest BCUT2D eigenvalue weighted by atomic mass is 32.2. The van der Waals surface area contributed by atoms with E-state index in [0.717, 1.165) is 5.39 Å². The van der Waals surface area contributed by atoms with Crippen LogP contribution in [0, 0.1) is 11.8 Å². The molecule has 0 heterocycles. The van der Waals surface area contributed by atoms with E-state index >= 15 is 0 Å². The van der Waals surface area contributed by atoms with E-state index in [-0.39, 0.29) is 10.5 Å². The molecule has 35 heavy (non-hydrogen) atoms. The van der Waals surface area contributed by atoms with Crippen LogP contribution in [0.25, 0.3) is 21.5 Å². The summed E-state index contributed by atoms with van der Waals surface area (Å²) < 4.78 is 29.3. The number of carboxylic acid groups (broad SMARTS) is 1. The van der Waals surface area contributed by atoms with Crippen molar-refractivity contribution in [1.82, 2.24) is 0 Å². The first-order valence-electron chi connectivity index (χ1n) is 10.8. The van der Waals surface area contributed by atoms with E-state index in [2.05, 4.69) is 16.6 Å². The van der Waals surface area contributed by atoms with Crippen molar-refractivity contribution in [2.45, 2.75) is 4.90 Å². The third-order valence-electron chi connectivity index (χ3n) is 5.70. The molecule has 0 aliphatic heterocycles. The Morgan fingerprint density at radius 2 is 1.29 bits per heavy atom. The number of benzene rings is 5. The van der Waals surface area contributed by atoms with E-state index < -0.39 is 16.0 Å². The standard InChI is InChI=1S/C29H19NO4S/c31-29(32)26-19-18-21(23-11-4-5-13-25(23)26)16-17-22-9-2-6-14-27(22)30-35(33,34)28-15-7-10-20-8-1-3-12-24(20)28/h1-15,18-19,30H,(H,31,32). The lowest BCUT2D eigenvalue weighted by molar-refractivity contribution is 0.0699. The number of hydrogen-bond acceptors (Lipinski definition) is 3. The van der Waals surface area contributed by atoms with Crippen molar-refractivity contribution in [2.24, 2.45) is 0 Å². The van der Waals surface area contributed by atoms with E-state index in [1.165, 1.54) is 6.07 Å². The second-order valence-electron chi connectivity index (χ2n) is 7.89. The van der Waals surface area contributed by atoms with Crippen molar-refractivity contribution in [3.8, 4) is 11.8 Å². The fourth-order valence-electron chi connectivity index (χ4n) is 4.04. The average molecular weight is 478 g/mol. The minimum Gasteiger partial charge on any atom is -0.478 e. The van der Waals surface area contributed by atoms with Gasteiger partial charge in [-0.15, -0.1) is 0 Å². The van der Waals surface area contributed by atoms with Gasteiger partial charge in [-0.3, -0.25) is 4.72 Å². The summed E-state index contributed by atoms with van der Waals surface area (Å²) in [5, 5.41) is 12.3. The molecule has 0 fully saturated rings. The maximum Gasteiger partial charge on any atom is 0.336 e. The summed E-state index contributed by atoms with van der Waals surface area (Å²) >= 11 is 0. The Bertz CT molecular complexity index is 1770. The van der Waals surface area contributed by atoms with Crippen LogP contribution in [0.2, 0.25) is 0 Å². The largest absolute Gasteiger partial charge is 0.478 e. The van der Waals surface area contributed by atoms with Crippen LogP contribution in [0.15, 0.2) is 108 Å². The second kappa shape index (κ2) is 8.98. The molecule has 0 bridgehead atoms. The van der Waals surface area contributed by atoms with E-state index in [1.807, 2.05) is 30.3 Å². The van der Waals surface area contributed by atoms with Crippen LogP contribution >= 0.6 is 0 Å². The zero-order valence-corrected chi connectivity index (χ0v) is 19.2. The number of para-hydroxylation sites is 1. The van der Waals surface area contributed by atoms with Gasteiger partial charge in [0, 0.05) is 16.5 Å². The molecule has 0 aliphatic carbocycles. The Balaban J connectivity index is 1.55. The van der Waals surface area contributed by atoms with Gasteiger partial charge in [0.1, 0.15) is 0 Å². The van der Waals surface area contributed by atoms with E-state index in [4.69, 9.17) is 0 Å². The SMILES string of the molecule is O=C(O)c1ccc(C#Cc2ccccc2NS(=O)(=O)c2cccc3ccccc23)c2ccccc12. The highest BCUT2D eigenvalue weighted by Gasteiger charge is 2.18. The zero-order valence-electron chi connectivity index (χ0n) is 18.4. The zero-order chi connectivity index (χ0) is 24.4. The fraction of sp³-hybridized carbons (Fsp3) is 0. The number of nitrogens with one attached hydrogen (secondary N) is 1. The molecule has 0 aliphatic rings. The van der Waals surface area contributed by atoms with Gasteiger partial charge in [-0.25, -0.2) is 13.2 Å². The molecule has 5 aromatic carbocycles. The number of anilines is 1. The van der Waals surface area contributed by atoms with Crippen molar-refractivity contribution in [3.63, 3.8) is 0 Å². The van der Waals surface area contributed by atoms with Crippen molar-refractivity contribution >= 4 is 43.2 Å². The monoisotopic (exact) mass is 477 g/mol. The molecule has 0 unspecified atom stereocenters. The summed E-state index contributed by atoms with van der Waals surface area (Å²) in [4.78, 5) is 11.8. The predicted octanol–water partition coefficient (Wildman–Crippen LogP) is 5.89. The van der Waals surface area contributed by atoms with E-state index in [9.17, 15) is 18.3 Å². The number of rotatable bonds is 4. The van der Waals surface area contributed by atoms with Crippen LogP contribution in [0.3, 0.4) is 0 Å². The highest BCUT2D eigenvalue weighted by molar-refractivity contribution is 7.93. The van der Waals surface area contributed by atoms with Gasteiger partial charge in [-0.2, -0.15) is 0 Å². The van der Waals surface area contributed by atoms with Crippen LogP contribution in [0.4, 0.5) is 5.69 Å². The normalized spacial score (nSPS) is 11.1. The van der Waals surface area contributed by atoms with Crippen LogP contribution in [0.1, 0.15) is 21.5 Å². The Labute approximate surface area is 202 Å². The molecule has 0 aromatic heterocycles. The topological polar surface area (TPSA) is 83.5 Å². The van der Waals surface area contributed by atoms with Gasteiger partial charge >= 0.3 is 5.97 Å². The van der Waals surface area contributed by atoms with Crippen molar-refractivity contribution < 1.29 is 18.3 Å². The van der Waals surface area contributed by atoms with E-state index in [1.54, 1.807) is 66.7 Å². The summed E-state index contributed by atoms with van der Waals surface area (Å²) in [6.45, 7) is 0. The number of carboxylic acids is 1. The number of sulfonamides is 1. The maximum absolute atomic E-state index is 13.3. The molecule has 0 saturated carbocycles. The second-order valence-corrected chi connectivity index (χ2v) is 9.54. The fourth-order valence-corrected chi connectivity index (χ4v) is 5.35. The first kappa shape index (κ1) is 22.2. The van der Waals surface area contributed by atoms with Gasteiger partial charge < -0.3 is 5.11 Å². The first-order valence-corrected chi connectivity index (χ1v) is 12.3. The minimum atomic E-state index is -3.88. The molecule has 0 spiro atoms.